The molecule has 460 valence electrons. The summed E-state index contributed by atoms with van der Waals surface area (Å²) >= 11 is 0. The van der Waals surface area contributed by atoms with Crippen LogP contribution in [0.25, 0.3) is 139 Å². The molecule has 6 heteroatoms. The number of hydrogen-bond acceptors (Lipinski definition) is 3. The SMILES string of the molecule is CC(C)(C)c1ccc(-c2ccc3c(c2)-c2cccc(-c4cc(C(C)(C)C)cc(C(C)(C)C)c4)c2-[n+]2[c-]n(-c4cccc(Oc5ccc6c7ccccc7n(-c7cc(C(C)(C)C)ccn7)c6c5)c4)c4cc(-c5ccc6oc7ccccc7c6c5)cc(c42)-c2ccccc2-3)cc1. The highest BCUT2D eigenvalue weighted by atomic mass is 16.5. The third-order valence-electron chi connectivity index (χ3n) is 19.4. The first-order chi connectivity index (χ1) is 45.1. The number of fused-ring (bicyclic) bond motifs is 13. The Labute approximate surface area is 551 Å². The van der Waals surface area contributed by atoms with E-state index in [-0.39, 0.29) is 21.7 Å². The molecule has 5 heterocycles. The maximum Gasteiger partial charge on any atom is 0.269 e. The molecule has 6 nitrogen and oxygen atoms in total. The lowest BCUT2D eigenvalue weighted by Gasteiger charge is -2.27. The molecule has 0 atom stereocenters. The average Bonchev–Trinajstić information content (AvgIpc) is 1.53. The van der Waals surface area contributed by atoms with Gasteiger partial charge in [0, 0.05) is 33.8 Å². The number of para-hydroxylation sites is 3. The van der Waals surface area contributed by atoms with Gasteiger partial charge in [-0.2, -0.15) is 0 Å². The van der Waals surface area contributed by atoms with Crippen LogP contribution in [0.1, 0.15) is 105 Å². The number of aromatic nitrogens is 4. The van der Waals surface area contributed by atoms with Gasteiger partial charge in [-0.15, -0.1) is 0 Å². The molecule has 0 saturated carbocycles. The molecule has 4 aromatic heterocycles. The number of ether oxygens (including phenoxy) is 1. The fourth-order valence-corrected chi connectivity index (χ4v) is 14.1. The molecule has 0 amide bonds. The van der Waals surface area contributed by atoms with Crippen molar-refractivity contribution in [1.29, 1.82) is 0 Å². The molecule has 0 radical (unpaired) electrons. The predicted octanol–water partition coefficient (Wildman–Crippen LogP) is 23.4. The Bertz CT molecular complexity index is 5530. The van der Waals surface area contributed by atoms with Gasteiger partial charge < -0.3 is 9.15 Å². The molecule has 0 unspecified atom stereocenters. The minimum Gasteiger partial charge on any atom is -0.458 e. The van der Waals surface area contributed by atoms with Gasteiger partial charge >= 0.3 is 0 Å². The number of pyridine rings is 1. The number of rotatable bonds is 7. The highest BCUT2D eigenvalue weighted by Crippen LogP contribution is 2.49. The van der Waals surface area contributed by atoms with Crippen LogP contribution < -0.4 is 9.30 Å². The maximum atomic E-state index is 7.10. The lowest BCUT2D eigenvalue weighted by Crippen LogP contribution is -2.32. The van der Waals surface area contributed by atoms with Crippen molar-refractivity contribution < 1.29 is 13.7 Å². The minimum atomic E-state index is -0.125. The second kappa shape index (κ2) is 21.5. The van der Waals surface area contributed by atoms with Gasteiger partial charge in [-0.05, 0) is 190 Å². The fraction of sp³-hybridized carbons (Fsp3) is 0.182. The fourth-order valence-electron chi connectivity index (χ4n) is 14.1. The van der Waals surface area contributed by atoms with E-state index in [4.69, 9.17) is 14.1 Å². The van der Waals surface area contributed by atoms with Crippen molar-refractivity contribution >= 4 is 54.8 Å². The average molecular weight is 1220 g/mol. The largest absolute Gasteiger partial charge is 0.458 e. The van der Waals surface area contributed by atoms with E-state index >= 15 is 0 Å². The summed E-state index contributed by atoms with van der Waals surface area (Å²) in [5, 5.41) is 4.46. The van der Waals surface area contributed by atoms with E-state index in [2.05, 4.69) is 334 Å². The molecule has 0 spiro atoms. The van der Waals surface area contributed by atoms with Crippen LogP contribution in [0.3, 0.4) is 0 Å². The highest BCUT2D eigenvalue weighted by Gasteiger charge is 2.30. The maximum absolute atomic E-state index is 7.10. The van der Waals surface area contributed by atoms with Crippen molar-refractivity contribution in [3.8, 4) is 95.5 Å². The quantitative estimate of drug-likeness (QED) is 0.118. The molecule has 94 heavy (non-hydrogen) atoms. The zero-order chi connectivity index (χ0) is 64.7. The Hall–Kier alpha value is -10.6. The van der Waals surface area contributed by atoms with E-state index in [1.165, 1.54) is 27.8 Å². The second-order valence-electron chi connectivity index (χ2n) is 29.9. The summed E-state index contributed by atoms with van der Waals surface area (Å²) in [6.45, 7) is 27.5. The Morgan fingerprint density at radius 3 is 1.71 bits per heavy atom. The van der Waals surface area contributed by atoms with E-state index < -0.39 is 0 Å². The number of hydrogen-bond donors (Lipinski definition) is 0. The Morgan fingerprint density at radius 2 is 0.957 bits per heavy atom. The van der Waals surface area contributed by atoms with Crippen LogP contribution in [-0.2, 0) is 21.7 Å². The summed E-state index contributed by atoms with van der Waals surface area (Å²) < 4.78 is 20.5. The topological polar surface area (TPSA) is 49.0 Å². The van der Waals surface area contributed by atoms with Gasteiger partial charge in [0.25, 0.3) is 6.33 Å². The number of nitrogens with zero attached hydrogens (tertiary/aromatic N) is 4. The molecule has 0 fully saturated rings. The molecule has 1 aliphatic heterocycles. The van der Waals surface area contributed by atoms with E-state index in [9.17, 15) is 0 Å². The first-order valence-electron chi connectivity index (χ1n) is 33.0. The molecule has 0 saturated heterocycles. The molecule has 16 rings (SSSR count). The van der Waals surface area contributed by atoms with Gasteiger partial charge in [0.1, 0.15) is 28.5 Å². The summed E-state index contributed by atoms with van der Waals surface area (Å²) in [5.41, 5.74) is 26.1. The molecule has 0 N–H and O–H groups in total. The van der Waals surface area contributed by atoms with Gasteiger partial charge in [-0.3, -0.25) is 13.7 Å². The van der Waals surface area contributed by atoms with Crippen LogP contribution in [0.15, 0.2) is 247 Å². The summed E-state index contributed by atoms with van der Waals surface area (Å²) in [6, 6.07) is 87.2. The Kier molecular flexibility index (Phi) is 13.4. The predicted molar refractivity (Wildman–Crippen MR) is 391 cm³/mol. The van der Waals surface area contributed by atoms with E-state index in [1.807, 2.05) is 12.3 Å². The lowest BCUT2D eigenvalue weighted by molar-refractivity contribution is -0.570. The third kappa shape index (κ3) is 10.0. The number of furan rings is 1. The van der Waals surface area contributed by atoms with Crippen molar-refractivity contribution in [3.63, 3.8) is 0 Å². The Morgan fingerprint density at radius 1 is 0.362 bits per heavy atom. The van der Waals surface area contributed by atoms with Crippen molar-refractivity contribution in [2.75, 3.05) is 0 Å². The zero-order valence-electron chi connectivity index (χ0n) is 55.7. The lowest BCUT2D eigenvalue weighted by atomic mass is 9.78. The van der Waals surface area contributed by atoms with Crippen LogP contribution in [0, 0.1) is 6.33 Å². The molecule has 11 aromatic carbocycles. The highest BCUT2D eigenvalue weighted by molar-refractivity contribution is 6.10. The van der Waals surface area contributed by atoms with E-state index in [0.29, 0.717) is 5.75 Å². The standard InChI is InChI=1S/C88H76N4O2/c1-85(2,3)59-35-31-54(32-36-59)55-33-38-69-67-23-13-14-24-68(67)76-47-57(56-34-40-81-75(46-56)72-26-16-18-30-80(72)94-81)48-79-84(76)91(83-66(27-20-28-73(83)74(69)45-55)58-43-61(87(7,8)9)49-62(44-58)88(10,11)12)53-90(79)63-21-19-22-64(51-63)93-65-37-39-71-70-25-15-17-29-77(70)92(78(71)52-65)82-50-60(41-42-89-82)86(4,5)6/h13-52H,1-12H3. The van der Waals surface area contributed by atoms with E-state index in [1.54, 1.807) is 0 Å². The smallest absolute Gasteiger partial charge is 0.269 e. The Balaban J connectivity index is 0.966. The summed E-state index contributed by atoms with van der Waals surface area (Å²) in [7, 11) is 0. The first kappa shape index (κ1) is 58.5. The van der Waals surface area contributed by atoms with Gasteiger partial charge in [0.15, 0.2) is 0 Å². The van der Waals surface area contributed by atoms with Gasteiger partial charge in [-0.25, -0.2) is 4.98 Å². The minimum absolute atomic E-state index is 0.0222. The molecular weight excluding hydrogens is 1140 g/mol. The van der Waals surface area contributed by atoms with Crippen LogP contribution >= 0.6 is 0 Å². The van der Waals surface area contributed by atoms with Crippen molar-refractivity contribution in [2.45, 2.75) is 105 Å². The van der Waals surface area contributed by atoms with Gasteiger partial charge in [-0.1, -0.05) is 235 Å². The molecule has 0 bridgehead atoms. The van der Waals surface area contributed by atoms with Gasteiger partial charge in [0.2, 0.25) is 0 Å². The normalized spacial score (nSPS) is 12.7. The van der Waals surface area contributed by atoms with E-state index in [0.717, 1.165) is 139 Å². The number of benzene rings is 11. The van der Waals surface area contributed by atoms with Crippen molar-refractivity contribution in [1.82, 2.24) is 14.1 Å². The van der Waals surface area contributed by atoms with Crippen LogP contribution in [0.4, 0.5) is 0 Å². The summed E-state index contributed by atoms with van der Waals surface area (Å²) in [6.07, 6.45) is 6.11. The molecule has 15 aromatic rings. The van der Waals surface area contributed by atoms with Crippen molar-refractivity contribution in [2.24, 2.45) is 0 Å². The molecule has 0 aliphatic carbocycles. The summed E-state index contributed by atoms with van der Waals surface area (Å²) in [4.78, 5) is 4.99. The van der Waals surface area contributed by atoms with Gasteiger partial charge in [0.05, 0.1) is 33.4 Å². The summed E-state index contributed by atoms with van der Waals surface area (Å²) in [5.74, 6) is 2.29. The monoisotopic (exact) mass is 1220 g/mol. The van der Waals surface area contributed by atoms with Crippen LogP contribution in [0.2, 0.25) is 0 Å². The number of imidazole rings is 1. The zero-order valence-corrected chi connectivity index (χ0v) is 55.7. The first-order valence-corrected chi connectivity index (χ1v) is 33.0. The molecular formula is C88H76N4O2. The van der Waals surface area contributed by atoms with Crippen LogP contribution in [0.5, 0.6) is 11.5 Å². The van der Waals surface area contributed by atoms with Crippen molar-refractivity contribution in [3.05, 3.63) is 271 Å². The third-order valence-corrected chi connectivity index (χ3v) is 19.4. The molecule has 1 aliphatic rings. The van der Waals surface area contributed by atoms with Crippen LogP contribution in [-0.4, -0.2) is 14.1 Å². The second-order valence-corrected chi connectivity index (χ2v) is 29.9.